The molecule has 0 radical (unpaired) electrons. The number of halogens is 1. The molecule has 0 saturated carbocycles. The van der Waals surface area contributed by atoms with Gasteiger partial charge in [0, 0.05) is 48.6 Å². The van der Waals surface area contributed by atoms with Crippen molar-refractivity contribution in [2.45, 2.75) is 6.42 Å². The lowest BCUT2D eigenvalue weighted by atomic mass is 10.1. The predicted octanol–water partition coefficient (Wildman–Crippen LogP) is 2.30. The predicted molar refractivity (Wildman–Crippen MR) is 81.9 cm³/mol. The molecule has 3 rings (SSSR count). The van der Waals surface area contributed by atoms with E-state index >= 15 is 0 Å². The van der Waals surface area contributed by atoms with E-state index in [9.17, 15) is 0 Å². The van der Waals surface area contributed by atoms with Crippen molar-refractivity contribution >= 4 is 32.6 Å². The first kappa shape index (κ1) is 13.0. The third-order valence-electron chi connectivity index (χ3n) is 3.12. The van der Waals surface area contributed by atoms with Crippen LogP contribution in [0.2, 0.25) is 0 Å². The minimum Gasteiger partial charge on any atom is -0.344 e. The Balaban J connectivity index is 1.68. The summed E-state index contributed by atoms with van der Waals surface area (Å²) in [6.07, 6.45) is 0.801. The van der Waals surface area contributed by atoms with Gasteiger partial charge in [0.2, 0.25) is 5.13 Å². The molecule has 0 unspecified atom stereocenters. The lowest BCUT2D eigenvalue weighted by molar-refractivity contribution is 0.588. The van der Waals surface area contributed by atoms with E-state index in [0.29, 0.717) is 0 Å². The Morgan fingerprint density at radius 1 is 1.21 bits per heavy atom. The Morgan fingerprint density at radius 3 is 2.68 bits per heavy atom. The number of rotatable bonds is 3. The van der Waals surface area contributed by atoms with Gasteiger partial charge in [-0.25, -0.2) is 4.98 Å². The molecule has 4 nitrogen and oxygen atoms in total. The van der Waals surface area contributed by atoms with Crippen LogP contribution in [0.15, 0.2) is 28.7 Å². The van der Waals surface area contributed by atoms with E-state index < -0.39 is 0 Å². The maximum Gasteiger partial charge on any atom is 0.205 e. The van der Waals surface area contributed by atoms with E-state index in [1.807, 2.05) is 0 Å². The molecule has 1 fully saturated rings. The van der Waals surface area contributed by atoms with Crippen LogP contribution in [0, 0.1) is 0 Å². The number of anilines is 1. The fourth-order valence-corrected chi connectivity index (χ4v) is 3.09. The van der Waals surface area contributed by atoms with Gasteiger partial charge in [-0.15, -0.1) is 0 Å². The minimum absolute atomic E-state index is 0.801. The van der Waals surface area contributed by atoms with Gasteiger partial charge in [-0.05, 0) is 17.7 Å². The number of nitrogens with zero attached hydrogens (tertiary/aromatic N) is 3. The zero-order valence-corrected chi connectivity index (χ0v) is 12.9. The maximum atomic E-state index is 4.65. The molecule has 1 aromatic carbocycles. The Morgan fingerprint density at radius 2 is 1.95 bits per heavy atom. The molecular formula is C13H15BrN4S. The monoisotopic (exact) mass is 338 g/mol. The van der Waals surface area contributed by atoms with Crippen molar-refractivity contribution in [3.8, 4) is 0 Å². The van der Waals surface area contributed by atoms with Crippen molar-refractivity contribution in [2.24, 2.45) is 0 Å². The fourth-order valence-electron chi connectivity index (χ4n) is 2.09. The molecule has 2 heterocycles. The summed E-state index contributed by atoms with van der Waals surface area (Å²) in [5.74, 6) is 0.917. The largest absolute Gasteiger partial charge is 0.344 e. The van der Waals surface area contributed by atoms with Gasteiger partial charge >= 0.3 is 0 Å². The van der Waals surface area contributed by atoms with Crippen LogP contribution in [0.5, 0.6) is 0 Å². The zero-order valence-electron chi connectivity index (χ0n) is 10.5. The highest BCUT2D eigenvalue weighted by Gasteiger charge is 2.15. The van der Waals surface area contributed by atoms with Gasteiger partial charge in [-0.2, -0.15) is 4.37 Å². The van der Waals surface area contributed by atoms with E-state index in [-0.39, 0.29) is 0 Å². The summed E-state index contributed by atoms with van der Waals surface area (Å²) < 4.78 is 5.57. The highest BCUT2D eigenvalue weighted by Crippen LogP contribution is 2.19. The highest BCUT2D eigenvalue weighted by atomic mass is 79.9. The van der Waals surface area contributed by atoms with Crippen LogP contribution >= 0.6 is 27.5 Å². The molecule has 1 N–H and O–H groups in total. The lowest BCUT2D eigenvalue weighted by Crippen LogP contribution is -2.43. The molecule has 0 aliphatic carbocycles. The molecule has 6 heteroatoms. The van der Waals surface area contributed by atoms with Gasteiger partial charge in [0.25, 0.3) is 0 Å². The molecule has 1 aliphatic rings. The van der Waals surface area contributed by atoms with Gasteiger partial charge in [0.1, 0.15) is 5.82 Å². The highest BCUT2D eigenvalue weighted by molar-refractivity contribution is 9.10. The van der Waals surface area contributed by atoms with Gasteiger partial charge < -0.3 is 10.2 Å². The molecule has 100 valence electrons. The van der Waals surface area contributed by atoms with Crippen molar-refractivity contribution in [1.82, 2.24) is 14.7 Å². The summed E-state index contributed by atoms with van der Waals surface area (Å²) in [6, 6.07) is 8.32. The molecule has 1 saturated heterocycles. The van der Waals surface area contributed by atoms with E-state index in [0.717, 1.165) is 48.0 Å². The van der Waals surface area contributed by atoms with Crippen molar-refractivity contribution < 1.29 is 0 Å². The van der Waals surface area contributed by atoms with Crippen molar-refractivity contribution in [1.29, 1.82) is 0 Å². The summed E-state index contributed by atoms with van der Waals surface area (Å²) in [5, 5.41) is 4.40. The third kappa shape index (κ3) is 3.32. The van der Waals surface area contributed by atoms with E-state index in [2.05, 4.69) is 59.8 Å². The van der Waals surface area contributed by atoms with E-state index in [1.54, 1.807) is 0 Å². The van der Waals surface area contributed by atoms with Crippen LogP contribution in [0.3, 0.4) is 0 Å². The molecule has 2 aromatic rings. The zero-order chi connectivity index (χ0) is 13.1. The Labute approximate surface area is 125 Å². The number of hydrogen-bond donors (Lipinski definition) is 1. The van der Waals surface area contributed by atoms with E-state index in [4.69, 9.17) is 0 Å². The Kier molecular flexibility index (Phi) is 4.10. The minimum atomic E-state index is 0.801. The lowest BCUT2D eigenvalue weighted by Gasteiger charge is -2.26. The van der Waals surface area contributed by atoms with Gasteiger partial charge in [-0.1, -0.05) is 28.1 Å². The topological polar surface area (TPSA) is 41.1 Å². The Bertz CT molecular complexity index is 534. The van der Waals surface area contributed by atoms with Gasteiger partial charge in [0.05, 0.1) is 0 Å². The molecule has 1 aromatic heterocycles. The molecule has 0 atom stereocenters. The first-order valence-electron chi connectivity index (χ1n) is 6.34. The SMILES string of the molecule is Brc1ccc(Cc2nsc(N3CCNCC3)n2)cc1. The smallest absolute Gasteiger partial charge is 0.205 e. The fraction of sp³-hybridized carbons (Fsp3) is 0.385. The molecule has 19 heavy (non-hydrogen) atoms. The number of benzene rings is 1. The molecule has 0 spiro atoms. The van der Waals surface area contributed by atoms with Crippen LogP contribution in [0.4, 0.5) is 5.13 Å². The van der Waals surface area contributed by atoms with Crippen molar-refractivity contribution in [3.05, 3.63) is 40.1 Å². The second-order valence-corrected chi connectivity index (χ2v) is 6.18. The average Bonchev–Trinajstić information content (AvgIpc) is 2.91. The number of aromatic nitrogens is 2. The van der Waals surface area contributed by atoms with Crippen LogP contribution in [0.1, 0.15) is 11.4 Å². The summed E-state index contributed by atoms with van der Waals surface area (Å²) >= 11 is 4.95. The molecule has 0 bridgehead atoms. The maximum absolute atomic E-state index is 4.65. The summed E-state index contributed by atoms with van der Waals surface area (Å²) in [4.78, 5) is 6.95. The van der Waals surface area contributed by atoms with Crippen LogP contribution in [0.25, 0.3) is 0 Å². The van der Waals surface area contributed by atoms with Gasteiger partial charge in [0.15, 0.2) is 0 Å². The van der Waals surface area contributed by atoms with Gasteiger partial charge in [-0.3, -0.25) is 0 Å². The number of piperazine rings is 1. The summed E-state index contributed by atoms with van der Waals surface area (Å²) in [7, 11) is 0. The molecule has 1 aliphatic heterocycles. The number of hydrogen-bond acceptors (Lipinski definition) is 5. The molecule has 0 amide bonds. The summed E-state index contributed by atoms with van der Waals surface area (Å²) in [6.45, 7) is 4.10. The van der Waals surface area contributed by atoms with E-state index in [1.165, 1.54) is 17.1 Å². The van der Waals surface area contributed by atoms with Crippen molar-refractivity contribution in [3.63, 3.8) is 0 Å². The first-order valence-corrected chi connectivity index (χ1v) is 7.90. The van der Waals surface area contributed by atoms with Crippen LogP contribution < -0.4 is 10.2 Å². The first-order chi connectivity index (χ1) is 9.31. The van der Waals surface area contributed by atoms with Crippen LogP contribution in [-0.2, 0) is 6.42 Å². The quantitative estimate of drug-likeness (QED) is 0.932. The second-order valence-electron chi connectivity index (χ2n) is 4.53. The molecular weight excluding hydrogens is 324 g/mol. The van der Waals surface area contributed by atoms with Crippen LogP contribution in [-0.4, -0.2) is 35.5 Å². The normalized spacial score (nSPS) is 15.7. The number of nitrogens with one attached hydrogen (secondary N) is 1. The average molecular weight is 339 g/mol. The second kappa shape index (κ2) is 5.98. The summed E-state index contributed by atoms with van der Waals surface area (Å²) in [5.41, 5.74) is 1.24. The van der Waals surface area contributed by atoms with Crippen molar-refractivity contribution in [2.75, 3.05) is 31.1 Å². The third-order valence-corrected chi connectivity index (χ3v) is 4.46. The Hall–Kier alpha value is -0.980. The standard InChI is InChI=1S/C13H15BrN4S/c14-11-3-1-10(2-4-11)9-12-16-13(19-17-12)18-7-5-15-6-8-18/h1-4,15H,5-9H2.